The third kappa shape index (κ3) is 1.89. The molecule has 1 aliphatic carbocycles. The standard InChI is InChI=1S/C11H16N2O2/c1-2-12-7-8-13(11(12)15)9-3-5-10(14)6-4-9/h7-9H,2-6H2,1H3. The van der Waals surface area contributed by atoms with Gasteiger partial charge in [-0.1, -0.05) is 0 Å². The molecule has 2 rings (SSSR count). The normalized spacial score (nSPS) is 18.3. The number of hydrogen-bond acceptors (Lipinski definition) is 2. The summed E-state index contributed by atoms with van der Waals surface area (Å²) in [7, 11) is 0. The minimum atomic E-state index is 0.0526. The molecule has 0 bridgehead atoms. The smallest absolute Gasteiger partial charge is 0.300 e. The molecule has 4 nitrogen and oxygen atoms in total. The summed E-state index contributed by atoms with van der Waals surface area (Å²) in [6.45, 7) is 2.66. The van der Waals surface area contributed by atoms with E-state index >= 15 is 0 Å². The second-order valence-corrected chi connectivity index (χ2v) is 4.04. The molecule has 0 unspecified atom stereocenters. The highest BCUT2D eigenvalue weighted by Gasteiger charge is 2.21. The van der Waals surface area contributed by atoms with Crippen molar-refractivity contribution >= 4 is 5.78 Å². The number of imidazole rings is 1. The number of carbonyl (C=O) groups is 1. The highest BCUT2D eigenvalue weighted by atomic mass is 16.1. The molecule has 1 heterocycles. The predicted molar refractivity (Wildman–Crippen MR) is 56.9 cm³/mol. The highest BCUT2D eigenvalue weighted by Crippen LogP contribution is 2.24. The summed E-state index contributed by atoms with van der Waals surface area (Å²) < 4.78 is 3.46. The first-order chi connectivity index (χ1) is 7.22. The lowest BCUT2D eigenvalue weighted by molar-refractivity contribution is -0.120. The Balaban J connectivity index is 2.19. The van der Waals surface area contributed by atoms with Crippen molar-refractivity contribution in [2.45, 2.75) is 45.2 Å². The summed E-state index contributed by atoms with van der Waals surface area (Å²) in [6, 6.07) is 0.225. The molecule has 0 saturated heterocycles. The first kappa shape index (κ1) is 10.2. The van der Waals surface area contributed by atoms with Crippen LogP contribution in [0.2, 0.25) is 0 Å². The van der Waals surface area contributed by atoms with Gasteiger partial charge in [-0.2, -0.15) is 0 Å². The van der Waals surface area contributed by atoms with E-state index in [1.165, 1.54) is 0 Å². The molecule has 1 aromatic heterocycles. The van der Waals surface area contributed by atoms with Gasteiger partial charge in [0.25, 0.3) is 0 Å². The molecule has 0 spiro atoms. The quantitative estimate of drug-likeness (QED) is 0.736. The Bertz CT molecular complexity index is 406. The number of aromatic nitrogens is 2. The van der Waals surface area contributed by atoms with Crippen LogP contribution in [0.1, 0.15) is 38.6 Å². The van der Waals surface area contributed by atoms with Crippen LogP contribution in [-0.4, -0.2) is 14.9 Å². The Labute approximate surface area is 88.5 Å². The van der Waals surface area contributed by atoms with Gasteiger partial charge < -0.3 is 0 Å². The average molecular weight is 208 g/mol. The SMILES string of the molecule is CCn1ccn(C2CCC(=O)CC2)c1=O. The fourth-order valence-corrected chi connectivity index (χ4v) is 2.15. The zero-order valence-electron chi connectivity index (χ0n) is 8.98. The summed E-state index contributed by atoms with van der Waals surface area (Å²) in [4.78, 5) is 22.9. The number of aryl methyl sites for hydroxylation is 1. The lowest BCUT2D eigenvalue weighted by Crippen LogP contribution is -2.29. The van der Waals surface area contributed by atoms with E-state index in [0.29, 0.717) is 25.2 Å². The Hall–Kier alpha value is -1.32. The lowest BCUT2D eigenvalue weighted by Gasteiger charge is -2.21. The van der Waals surface area contributed by atoms with Crippen LogP contribution in [0.15, 0.2) is 17.2 Å². The van der Waals surface area contributed by atoms with E-state index in [1.807, 2.05) is 19.3 Å². The van der Waals surface area contributed by atoms with E-state index in [9.17, 15) is 9.59 Å². The molecule has 0 N–H and O–H groups in total. The fourth-order valence-electron chi connectivity index (χ4n) is 2.15. The molecule has 0 radical (unpaired) electrons. The maximum Gasteiger partial charge on any atom is 0.328 e. The van der Waals surface area contributed by atoms with Gasteiger partial charge in [-0.05, 0) is 19.8 Å². The molecule has 1 aliphatic rings. The van der Waals surface area contributed by atoms with E-state index in [-0.39, 0.29) is 11.7 Å². The van der Waals surface area contributed by atoms with Crippen molar-refractivity contribution in [2.75, 3.05) is 0 Å². The van der Waals surface area contributed by atoms with Crippen LogP contribution in [0.3, 0.4) is 0 Å². The zero-order valence-corrected chi connectivity index (χ0v) is 8.98. The molecule has 1 fully saturated rings. The maximum absolute atomic E-state index is 11.8. The summed E-state index contributed by atoms with van der Waals surface area (Å²) in [6.07, 6.45) is 6.52. The highest BCUT2D eigenvalue weighted by molar-refractivity contribution is 5.79. The van der Waals surface area contributed by atoms with Gasteiger partial charge in [0.15, 0.2) is 0 Å². The Morgan fingerprint density at radius 1 is 1.27 bits per heavy atom. The fraction of sp³-hybridized carbons (Fsp3) is 0.636. The van der Waals surface area contributed by atoms with Crippen LogP contribution in [0.4, 0.5) is 0 Å². The zero-order chi connectivity index (χ0) is 10.8. The minimum absolute atomic E-state index is 0.0526. The first-order valence-corrected chi connectivity index (χ1v) is 5.51. The second kappa shape index (κ2) is 4.04. The molecule has 82 valence electrons. The molecule has 4 heteroatoms. The predicted octanol–water partition coefficient (Wildman–Crippen LogP) is 1.35. The molecule has 0 aliphatic heterocycles. The second-order valence-electron chi connectivity index (χ2n) is 4.04. The molecule has 0 amide bonds. The van der Waals surface area contributed by atoms with Gasteiger partial charge in [-0.3, -0.25) is 13.9 Å². The lowest BCUT2D eigenvalue weighted by atomic mass is 9.94. The topological polar surface area (TPSA) is 44.0 Å². The van der Waals surface area contributed by atoms with Gasteiger partial charge in [0.1, 0.15) is 5.78 Å². The van der Waals surface area contributed by atoms with Gasteiger partial charge in [0.05, 0.1) is 0 Å². The molecule has 0 aromatic carbocycles. The minimum Gasteiger partial charge on any atom is -0.300 e. The van der Waals surface area contributed by atoms with Gasteiger partial charge in [0.2, 0.25) is 0 Å². The monoisotopic (exact) mass is 208 g/mol. The molecular formula is C11H16N2O2. The Kier molecular flexibility index (Phi) is 2.75. The van der Waals surface area contributed by atoms with Gasteiger partial charge >= 0.3 is 5.69 Å². The van der Waals surface area contributed by atoms with E-state index in [0.717, 1.165) is 12.8 Å². The van der Waals surface area contributed by atoms with Crippen molar-refractivity contribution in [1.82, 2.24) is 9.13 Å². The van der Waals surface area contributed by atoms with Crippen LogP contribution in [0.25, 0.3) is 0 Å². The first-order valence-electron chi connectivity index (χ1n) is 5.51. The number of rotatable bonds is 2. The van der Waals surface area contributed by atoms with Gasteiger partial charge in [0, 0.05) is 37.8 Å². The Morgan fingerprint density at radius 3 is 2.47 bits per heavy atom. The molecule has 0 atom stereocenters. The maximum atomic E-state index is 11.8. The number of Topliss-reactive ketones (excluding diaryl/α,β-unsaturated/α-hetero) is 1. The van der Waals surface area contributed by atoms with Crippen molar-refractivity contribution in [1.29, 1.82) is 0 Å². The third-order valence-corrected chi connectivity index (χ3v) is 3.12. The third-order valence-electron chi connectivity index (χ3n) is 3.12. The van der Waals surface area contributed by atoms with Crippen molar-refractivity contribution < 1.29 is 4.79 Å². The van der Waals surface area contributed by atoms with E-state index in [2.05, 4.69) is 0 Å². The van der Waals surface area contributed by atoms with E-state index < -0.39 is 0 Å². The summed E-state index contributed by atoms with van der Waals surface area (Å²) in [5.74, 6) is 0.328. The van der Waals surface area contributed by atoms with Crippen molar-refractivity contribution in [3.63, 3.8) is 0 Å². The summed E-state index contributed by atoms with van der Waals surface area (Å²) in [5.41, 5.74) is 0.0526. The number of ketones is 1. The van der Waals surface area contributed by atoms with Crippen LogP contribution in [-0.2, 0) is 11.3 Å². The van der Waals surface area contributed by atoms with Crippen LogP contribution in [0.5, 0.6) is 0 Å². The van der Waals surface area contributed by atoms with Gasteiger partial charge in [-0.25, -0.2) is 4.79 Å². The molecular weight excluding hydrogens is 192 g/mol. The van der Waals surface area contributed by atoms with E-state index in [1.54, 1.807) is 9.13 Å². The van der Waals surface area contributed by atoms with E-state index in [4.69, 9.17) is 0 Å². The molecule has 1 saturated carbocycles. The Morgan fingerprint density at radius 2 is 1.93 bits per heavy atom. The largest absolute Gasteiger partial charge is 0.328 e. The summed E-state index contributed by atoms with van der Waals surface area (Å²) >= 11 is 0. The average Bonchev–Trinajstić information content (AvgIpc) is 2.61. The van der Waals surface area contributed by atoms with Crippen LogP contribution in [0, 0.1) is 0 Å². The number of hydrogen-bond donors (Lipinski definition) is 0. The number of carbonyl (C=O) groups excluding carboxylic acids is 1. The summed E-state index contributed by atoms with van der Waals surface area (Å²) in [5, 5.41) is 0. The van der Waals surface area contributed by atoms with Crippen molar-refractivity contribution in [2.24, 2.45) is 0 Å². The van der Waals surface area contributed by atoms with Crippen LogP contribution < -0.4 is 5.69 Å². The number of nitrogens with zero attached hydrogens (tertiary/aromatic N) is 2. The molecule has 15 heavy (non-hydrogen) atoms. The van der Waals surface area contributed by atoms with Crippen molar-refractivity contribution in [3.05, 3.63) is 22.9 Å². The van der Waals surface area contributed by atoms with Gasteiger partial charge in [-0.15, -0.1) is 0 Å². The van der Waals surface area contributed by atoms with Crippen LogP contribution >= 0.6 is 0 Å². The van der Waals surface area contributed by atoms with Crippen molar-refractivity contribution in [3.8, 4) is 0 Å². The molecule has 1 aromatic rings.